The van der Waals surface area contributed by atoms with E-state index in [0.717, 1.165) is 37.2 Å². The van der Waals surface area contributed by atoms with Crippen LogP contribution >= 0.6 is 0 Å². The van der Waals surface area contributed by atoms with Crippen LogP contribution in [0.1, 0.15) is 37.3 Å². The number of rotatable bonds is 6. The van der Waals surface area contributed by atoms with Gasteiger partial charge in [-0.15, -0.1) is 0 Å². The number of nitrogens with zero attached hydrogens (tertiary/aromatic N) is 1. The third-order valence-corrected chi connectivity index (χ3v) is 5.23. The summed E-state index contributed by atoms with van der Waals surface area (Å²) in [7, 11) is 1.63. The van der Waals surface area contributed by atoms with Crippen LogP contribution in [0.4, 0.5) is 8.78 Å². The maximum Gasteiger partial charge on any atom is 0.262 e. The number of methoxy groups -OCH3 is 1. The van der Waals surface area contributed by atoms with E-state index < -0.39 is 24.9 Å². The van der Waals surface area contributed by atoms with Gasteiger partial charge in [0.25, 0.3) is 5.92 Å². The summed E-state index contributed by atoms with van der Waals surface area (Å²) in [5, 5.41) is 5.49. The summed E-state index contributed by atoms with van der Waals surface area (Å²) in [5.74, 6) is -2.39. The zero-order chi connectivity index (χ0) is 18.6. The Hall–Kier alpha value is -1.73. The molecule has 2 N–H and O–H groups in total. The van der Waals surface area contributed by atoms with Crippen LogP contribution in [0, 0.1) is 0 Å². The van der Waals surface area contributed by atoms with Crippen LogP contribution in [-0.4, -0.2) is 56.1 Å². The fourth-order valence-corrected chi connectivity index (χ4v) is 3.83. The molecule has 0 radical (unpaired) electrons. The summed E-state index contributed by atoms with van der Waals surface area (Å²) >= 11 is 0. The Balaban J connectivity index is 1.70. The number of halogens is 2. The lowest BCUT2D eigenvalue weighted by atomic mass is 10.0. The van der Waals surface area contributed by atoms with Crippen molar-refractivity contribution >= 4 is 5.91 Å². The monoisotopic (exact) mass is 367 g/mol. The van der Waals surface area contributed by atoms with Crippen molar-refractivity contribution in [1.82, 2.24) is 15.5 Å². The smallest absolute Gasteiger partial charge is 0.262 e. The van der Waals surface area contributed by atoms with Crippen molar-refractivity contribution in [3.63, 3.8) is 0 Å². The van der Waals surface area contributed by atoms with Gasteiger partial charge in [-0.3, -0.25) is 15.0 Å². The van der Waals surface area contributed by atoms with Crippen LogP contribution in [0.2, 0.25) is 0 Å². The maximum atomic E-state index is 13.3. The number of carbonyl (C=O) groups is 1. The van der Waals surface area contributed by atoms with Gasteiger partial charge in [-0.25, -0.2) is 8.78 Å². The molecule has 3 rings (SSSR count). The zero-order valence-electron chi connectivity index (χ0n) is 15.1. The first-order valence-electron chi connectivity index (χ1n) is 9.26. The van der Waals surface area contributed by atoms with Crippen molar-refractivity contribution < 1.29 is 18.3 Å². The minimum Gasteiger partial charge on any atom is -0.496 e. The Bertz CT molecular complexity index is 621. The third kappa shape index (κ3) is 4.51. The number of hydrogen-bond donors (Lipinski definition) is 2. The van der Waals surface area contributed by atoms with Crippen molar-refractivity contribution in [2.24, 2.45) is 0 Å². The van der Waals surface area contributed by atoms with Gasteiger partial charge in [-0.05, 0) is 32.0 Å². The highest BCUT2D eigenvalue weighted by Crippen LogP contribution is 2.31. The molecule has 2 fully saturated rings. The zero-order valence-corrected chi connectivity index (χ0v) is 15.1. The first kappa shape index (κ1) is 19.0. The minimum atomic E-state index is -2.81. The normalized spacial score (nSPS) is 24.2. The lowest BCUT2D eigenvalue weighted by Crippen LogP contribution is -2.45. The number of alkyl halides is 2. The van der Waals surface area contributed by atoms with Gasteiger partial charge in [0.05, 0.1) is 25.7 Å². The van der Waals surface area contributed by atoms with Crippen LogP contribution in [0.25, 0.3) is 0 Å². The lowest BCUT2D eigenvalue weighted by Gasteiger charge is -2.35. The molecule has 2 unspecified atom stereocenters. The Morgan fingerprint density at radius 2 is 2.08 bits per heavy atom. The number of ether oxygens (including phenoxy) is 1. The van der Waals surface area contributed by atoms with E-state index in [9.17, 15) is 13.6 Å². The van der Waals surface area contributed by atoms with E-state index >= 15 is 0 Å². The molecule has 26 heavy (non-hydrogen) atoms. The number of likely N-dealkylation sites (tertiary alicyclic amines) is 1. The van der Waals surface area contributed by atoms with Crippen molar-refractivity contribution in [3.8, 4) is 5.75 Å². The first-order chi connectivity index (χ1) is 12.5. The minimum absolute atomic E-state index is 0.0303. The molecule has 0 aromatic heterocycles. The largest absolute Gasteiger partial charge is 0.496 e. The number of hydrogen-bond acceptors (Lipinski definition) is 4. The Morgan fingerprint density at radius 1 is 1.35 bits per heavy atom. The fraction of sp³-hybridized carbons (Fsp3) is 0.632. The number of piperidine rings is 1. The average molecular weight is 367 g/mol. The average Bonchev–Trinajstić information content (AvgIpc) is 3.03. The topological polar surface area (TPSA) is 53.6 Å². The quantitative estimate of drug-likeness (QED) is 0.810. The molecule has 2 saturated heterocycles. The van der Waals surface area contributed by atoms with Crippen LogP contribution in [0.5, 0.6) is 5.75 Å². The van der Waals surface area contributed by atoms with Crippen molar-refractivity contribution in [2.75, 3.05) is 33.3 Å². The van der Waals surface area contributed by atoms with E-state index in [-0.39, 0.29) is 11.9 Å². The van der Waals surface area contributed by atoms with Gasteiger partial charge in [0, 0.05) is 18.5 Å². The Kier molecular flexibility index (Phi) is 6.09. The first-order valence-corrected chi connectivity index (χ1v) is 9.26. The van der Waals surface area contributed by atoms with Crippen LogP contribution < -0.4 is 15.4 Å². The summed E-state index contributed by atoms with van der Waals surface area (Å²) < 4.78 is 32.2. The SMILES string of the molecule is COc1ccccc1C(CNC(=O)C1CC(F)(F)CN1)N1CCCCC1. The van der Waals surface area contributed by atoms with Crippen LogP contribution in [0.15, 0.2) is 24.3 Å². The van der Waals surface area contributed by atoms with Crippen molar-refractivity contribution in [1.29, 1.82) is 0 Å². The van der Waals surface area contributed by atoms with Gasteiger partial charge in [0.15, 0.2) is 0 Å². The van der Waals surface area contributed by atoms with Crippen molar-refractivity contribution in [3.05, 3.63) is 29.8 Å². The highest BCUT2D eigenvalue weighted by Gasteiger charge is 2.42. The van der Waals surface area contributed by atoms with E-state index in [1.165, 1.54) is 6.42 Å². The standard InChI is InChI=1S/C19H27F2N3O2/c1-26-17-8-4-3-7-14(17)16(24-9-5-2-6-10-24)12-22-18(25)15-11-19(20,21)13-23-15/h3-4,7-8,15-16,23H,2,5-6,9-13H2,1H3,(H,22,25). The molecule has 1 amide bonds. The molecule has 0 spiro atoms. The Morgan fingerprint density at radius 3 is 2.73 bits per heavy atom. The maximum absolute atomic E-state index is 13.3. The molecule has 2 aliphatic heterocycles. The molecule has 1 aromatic carbocycles. The fourth-order valence-electron chi connectivity index (χ4n) is 3.83. The van der Waals surface area contributed by atoms with Gasteiger partial charge in [-0.1, -0.05) is 24.6 Å². The number of para-hydroxylation sites is 1. The van der Waals surface area contributed by atoms with E-state index in [1.807, 2.05) is 24.3 Å². The highest BCUT2D eigenvalue weighted by atomic mass is 19.3. The molecule has 2 heterocycles. The molecule has 7 heteroatoms. The van der Waals surface area contributed by atoms with Crippen LogP contribution in [-0.2, 0) is 4.79 Å². The van der Waals surface area contributed by atoms with Gasteiger partial charge >= 0.3 is 0 Å². The molecule has 5 nitrogen and oxygen atoms in total. The van der Waals surface area contributed by atoms with E-state index in [4.69, 9.17) is 4.74 Å². The van der Waals surface area contributed by atoms with Gasteiger partial charge in [-0.2, -0.15) is 0 Å². The molecule has 0 saturated carbocycles. The summed E-state index contributed by atoms with van der Waals surface area (Å²) in [4.78, 5) is 14.7. The molecule has 2 atom stereocenters. The molecule has 2 aliphatic rings. The van der Waals surface area contributed by atoms with Crippen LogP contribution in [0.3, 0.4) is 0 Å². The highest BCUT2D eigenvalue weighted by molar-refractivity contribution is 5.82. The molecular weight excluding hydrogens is 340 g/mol. The molecule has 1 aromatic rings. The van der Waals surface area contributed by atoms with Crippen molar-refractivity contribution in [2.45, 2.75) is 43.7 Å². The van der Waals surface area contributed by atoms with Gasteiger partial charge in [0.1, 0.15) is 5.75 Å². The molecule has 144 valence electrons. The number of benzene rings is 1. The molecular formula is C19H27F2N3O2. The van der Waals surface area contributed by atoms with E-state index in [2.05, 4.69) is 15.5 Å². The number of nitrogens with one attached hydrogen (secondary N) is 2. The summed E-state index contributed by atoms with van der Waals surface area (Å²) in [6.45, 7) is 1.85. The van der Waals surface area contributed by atoms with E-state index in [1.54, 1.807) is 7.11 Å². The second-order valence-electron chi connectivity index (χ2n) is 7.09. The molecule has 0 aliphatic carbocycles. The van der Waals surface area contributed by atoms with E-state index in [0.29, 0.717) is 6.54 Å². The second-order valence-corrected chi connectivity index (χ2v) is 7.09. The van der Waals surface area contributed by atoms with Gasteiger partial charge < -0.3 is 10.1 Å². The predicted octanol–water partition coefficient (Wildman–Crippen LogP) is 2.34. The third-order valence-electron chi connectivity index (χ3n) is 5.23. The number of carbonyl (C=O) groups excluding carboxylic acids is 1. The predicted molar refractivity (Wildman–Crippen MR) is 95.5 cm³/mol. The second kappa shape index (κ2) is 8.31. The van der Waals surface area contributed by atoms with Gasteiger partial charge in [0.2, 0.25) is 5.91 Å². The summed E-state index contributed by atoms with van der Waals surface area (Å²) in [6, 6.07) is 6.93. The molecule has 0 bridgehead atoms. The Labute approximate surface area is 153 Å². The summed E-state index contributed by atoms with van der Waals surface area (Å²) in [6.07, 6.45) is 3.01. The number of amides is 1. The summed E-state index contributed by atoms with van der Waals surface area (Å²) in [5.41, 5.74) is 1.02. The lowest BCUT2D eigenvalue weighted by molar-refractivity contribution is -0.123.